The summed E-state index contributed by atoms with van der Waals surface area (Å²) in [5.41, 5.74) is 6.40. The molecule has 4 heteroatoms. The lowest BCUT2D eigenvalue weighted by atomic mass is 10.1. The van der Waals surface area contributed by atoms with Crippen molar-refractivity contribution in [2.45, 2.75) is 19.3 Å². The molecule has 1 heterocycles. The highest BCUT2D eigenvalue weighted by Gasteiger charge is 2.12. The van der Waals surface area contributed by atoms with Crippen LogP contribution in [0.5, 0.6) is 0 Å². The number of hydrogen-bond acceptors (Lipinski definition) is 3. The molecule has 0 saturated carbocycles. The molecule has 2 aromatic rings. The first-order chi connectivity index (χ1) is 7.24. The normalized spacial score (nSPS) is 13.3. The van der Waals surface area contributed by atoms with E-state index in [0.29, 0.717) is 12.5 Å². The summed E-state index contributed by atoms with van der Waals surface area (Å²) in [6.45, 7) is 2.68. The minimum atomic E-state index is -0.236. The van der Waals surface area contributed by atoms with Crippen LogP contribution in [0.1, 0.15) is 24.3 Å². The molecule has 1 aromatic carbocycles. The summed E-state index contributed by atoms with van der Waals surface area (Å²) < 4.78 is 14.0. The van der Waals surface area contributed by atoms with Gasteiger partial charge in [0.15, 0.2) is 0 Å². The van der Waals surface area contributed by atoms with Crippen LogP contribution >= 0.6 is 11.3 Å². The van der Waals surface area contributed by atoms with E-state index in [1.165, 1.54) is 12.1 Å². The Bertz CT molecular complexity index is 463. The molecule has 2 N–H and O–H groups in total. The van der Waals surface area contributed by atoms with Crippen molar-refractivity contribution in [3.05, 3.63) is 29.0 Å². The Morgan fingerprint density at radius 2 is 2.33 bits per heavy atom. The van der Waals surface area contributed by atoms with Crippen molar-refractivity contribution in [1.29, 1.82) is 0 Å². The third-order valence-corrected chi connectivity index (χ3v) is 3.69. The van der Waals surface area contributed by atoms with Crippen LogP contribution < -0.4 is 5.73 Å². The van der Waals surface area contributed by atoms with Crippen molar-refractivity contribution in [1.82, 2.24) is 4.98 Å². The number of nitrogens with zero attached hydrogens (tertiary/aromatic N) is 1. The topological polar surface area (TPSA) is 38.9 Å². The Kier molecular flexibility index (Phi) is 2.98. The molecule has 1 unspecified atom stereocenters. The number of fused-ring (bicyclic) bond motifs is 1. The SMILES string of the molecule is CCC(CN)c1nc2cc(F)ccc2s1. The first-order valence-corrected chi connectivity index (χ1v) is 5.82. The lowest BCUT2D eigenvalue weighted by Crippen LogP contribution is -2.10. The van der Waals surface area contributed by atoms with Crippen molar-refractivity contribution < 1.29 is 4.39 Å². The van der Waals surface area contributed by atoms with E-state index in [-0.39, 0.29) is 5.82 Å². The fourth-order valence-corrected chi connectivity index (χ4v) is 2.68. The van der Waals surface area contributed by atoms with Gasteiger partial charge in [-0.2, -0.15) is 0 Å². The summed E-state index contributed by atoms with van der Waals surface area (Å²) in [5, 5.41) is 1.01. The molecule has 1 atom stereocenters. The fourth-order valence-electron chi connectivity index (χ4n) is 1.54. The highest BCUT2D eigenvalue weighted by atomic mass is 32.1. The van der Waals surface area contributed by atoms with E-state index in [1.807, 2.05) is 0 Å². The maximum absolute atomic E-state index is 13.0. The smallest absolute Gasteiger partial charge is 0.125 e. The zero-order valence-electron chi connectivity index (χ0n) is 8.53. The lowest BCUT2D eigenvalue weighted by Gasteiger charge is -2.06. The van der Waals surface area contributed by atoms with Crippen molar-refractivity contribution >= 4 is 21.6 Å². The zero-order chi connectivity index (χ0) is 10.8. The highest BCUT2D eigenvalue weighted by molar-refractivity contribution is 7.18. The maximum Gasteiger partial charge on any atom is 0.125 e. The number of hydrogen-bond donors (Lipinski definition) is 1. The number of nitrogens with two attached hydrogens (primary N) is 1. The fraction of sp³-hybridized carbons (Fsp3) is 0.364. The quantitative estimate of drug-likeness (QED) is 0.870. The molecule has 2 nitrogen and oxygen atoms in total. The summed E-state index contributed by atoms with van der Waals surface area (Å²) in [7, 11) is 0. The molecule has 2 rings (SSSR count). The van der Waals surface area contributed by atoms with Crippen LogP contribution in [0.4, 0.5) is 4.39 Å². The van der Waals surface area contributed by atoms with E-state index in [9.17, 15) is 4.39 Å². The van der Waals surface area contributed by atoms with Gasteiger partial charge in [-0.15, -0.1) is 11.3 Å². The van der Waals surface area contributed by atoms with Crippen molar-refractivity contribution in [3.63, 3.8) is 0 Å². The number of rotatable bonds is 3. The number of aromatic nitrogens is 1. The van der Waals surface area contributed by atoms with Gasteiger partial charge in [0.05, 0.1) is 15.2 Å². The Morgan fingerprint density at radius 3 is 3.00 bits per heavy atom. The van der Waals surface area contributed by atoms with Crippen LogP contribution in [-0.2, 0) is 0 Å². The Hall–Kier alpha value is -1.00. The summed E-state index contributed by atoms with van der Waals surface area (Å²) >= 11 is 1.61. The molecule has 80 valence electrons. The molecule has 0 radical (unpaired) electrons. The molecule has 0 aliphatic rings. The Balaban J connectivity index is 2.46. The summed E-state index contributed by atoms with van der Waals surface area (Å²) in [5.74, 6) is 0.0607. The van der Waals surface area contributed by atoms with Crippen LogP contribution in [-0.4, -0.2) is 11.5 Å². The van der Waals surface area contributed by atoms with Gasteiger partial charge < -0.3 is 5.73 Å². The van der Waals surface area contributed by atoms with Gasteiger partial charge in [-0.3, -0.25) is 0 Å². The van der Waals surface area contributed by atoms with E-state index in [4.69, 9.17) is 5.73 Å². The van der Waals surface area contributed by atoms with Crippen LogP contribution in [0, 0.1) is 5.82 Å². The maximum atomic E-state index is 13.0. The second kappa shape index (κ2) is 4.24. The molecule has 0 saturated heterocycles. The summed E-state index contributed by atoms with van der Waals surface area (Å²) in [4.78, 5) is 4.41. The summed E-state index contributed by atoms with van der Waals surface area (Å²) in [6, 6.07) is 4.71. The lowest BCUT2D eigenvalue weighted by molar-refractivity contribution is 0.629. The van der Waals surface area contributed by atoms with Gasteiger partial charge in [0.25, 0.3) is 0 Å². The van der Waals surface area contributed by atoms with E-state index in [0.717, 1.165) is 21.6 Å². The predicted octanol–water partition coefficient (Wildman–Crippen LogP) is 2.89. The van der Waals surface area contributed by atoms with Crippen molar-refractivity contribution in [2.75, 3.05) is 6.54 Å². The number of halogens is 1. The second-order valence-corrected chi connectivity index (χ2v) is 4.57. The monoisotopic (exact) mass is 224 g/mol. The minimum Gasteiger partial charge on any atom is -0.330 e. The van der Waals surface area contributed by atoms with Crippen molar-refractivity contribution in [2.24, 2.45) is 5.73 Å². The van der Waals surface area contributed by atoms with Gasteiger partial charge in [0, 0.05) is 18.5 Å². The highest BCUT2D eigenvalue weighted by Crippen LogP contribution is 2.29. The van der Waals surface area contributed by atoms with E-state index < -0.39 is 0 Å². The number of thiazole rings is 1. The van der Waals surface area contributed by atoms with Crippen molar-refractivity contribution in [3.8, 4) is 0 Å². The third-order valence-electron chi connectivity index (χ3n) is 2.49. The predicted molar refractivity (Wildman–Crippen MR) is 61.7 cm³/mol. The largest absolute Gasteiger partial charge is 0.330 e. The van der Waals surface area contributed by atoms with Gasteiger partial charge in [0.2, 0.25) is 0 Å². The molecular weight excluding hydrogens is 211 g/mol. The van der Waals surface area contributed by atoms with E-state index in [1.54, 1.807) is 17.4 Å². The first kappa shape index (κ1) is 10.5. The van der Waals surface area contributed by atoms with Gasteiger partial charge in [-0.05, 0) is 18.6 Å². The molecule has 0 aliphatic heterocycles. The molecular formula is C11H13FN2S. The second-order valence-electron chi connectivity index (χ2n) is 3.51. The summed E-state index contributed by atoms with van der Waals surface area (Å²) in [6.07, 6.45) is 0.971. The average Bonchev–Trinajstić information content (AvgIpc) is 2.62. The van der Waals surface area contributed by atoms with Gasteiger partial charge in [0.1, 0.15) is 5.82 Å². The van der Waals surface area contributed by atoms with Gasteiger partial charge in [-0.25, -0.2) is 9.37 Å². The van der Waals surface area contributed by atoms with E-state index >= 15 is 0 Å². The molecule has 0 bridgehead atoms. The number of benzene rings is 1. The van der Waals surface area contributed by atoms with Gasteiger partial charge in [-0.1, -0.05) is 6.92 Å². The Morgan fingerprint density at radius 1 is 1.53 bits per heavy atom. The van der Waals surface area contributed by atoms with Crippen LogP contribution in [0.15, 0.2) is 18.2 Å². The molecule has 1 aromatic heterocycles. The molecule has 0 fully saturated rings. The first-order valence-electron chi connectivity index (χ1n) is 5.00. The molecule has 15 heavy (non-hydrogen) atoms. The third kappa shape index (κ3) is 2.01. The molecule has 0 amide bonds. The van der Waals surface area contributed by atoms with E-state index in [2.05, 4.69) is 11.9 Å². The standard InChI is InChI=1S/C11H13FN2S/c1-2-7(6-13)11-14-9-5-8(12)3-4-10(9)15-11/h3-5,7H,2,6,13H2,1H3. The molecule has 0 spiro atoms. The average molecular weight is 224 g/mol. The Labute approximate surface area is 91.9 Å². The van der Waals surface area contributed by atoms with Crippen LogP contribution in [0.3, 0.4) is 0 Å². The van der Waals surface area contributed by atoms with Gasteiger partial charge >= 0.3 is 0 Å². The van der Waals surface area contributed by atoms with Crippen LogP contribution in [0.2, 0.25) is 0 Å². The minimum absolute atomic E-state index is 0.236. The molecule has 0 aliphatic carbocycles. The zero-order valence-corrected chi connectivity index (χ0v) is 9.35. The van der Waals surface area contributed by atoms with Crippen LogP contribution in [0.25, 0.3) is 10.2 Å².